The fourth-order valence-corrected chi connectivity index (χ4v) is 3.41. The van der Waals surface area contributed by atoms with Gasteiger partial charge in [0.2, 0.25) is 0 Å². The van der Waals surface area contributed by atoms with Crippen molar-refractivity contribution in [2.24, 2.45) is 0 Å². The summed E-state index contributed by atoms with van der Waals surface area (Å²) in [6.07, 6.45) is -1.76. The molecule has 0 fully saturated rings. The molecule has 0 bridgehead atoms. The number of para-hydroxylation sites is 1. The van der Waals surface area contributed by atoms with E-state index in [1.54, 1.807) is 66.7 Å². The number of amides is 2. The van der Waals surface area contributed by atoms with Crippen LogP contribution >= 0.6 is 0 Å². The van der Waals surface area contributed by atoms with Gasteiger partial charge in [0, 0.05) is 24.0 Å². The average Bonchev–Trinajstić information content (AvgIpc) is 2.84. The second-order valence-electron chi connectivity index (χ2n) is 7.15. The van der Waals surface area contributed by atoms with E-state index in [2.05, 4.69) is 10.1 Å². The standard InChI is InChI=1S/C24H20N4O5/c1-27(24(31)32)18-10-6-7-15(13-18)21-26-20-12-11-16(25-23(30)33-2)14-19(20)22(29)28(21)17-8-4-3-5-9-17/h3-14H,1-2H3,(H,25,30)(H,31,32). The quantitative estimate of drug-likeness (QED) is 0.484. The van der Waals surface area contributed by atoms with Crippen molar-refractivity contribution in [1.82, 2.24) is 9.55 Å². The van der Waals surface area contributed by atoms with Gasteiger partial charge in [0.25, 0.3) is 5.56 Å². The van der Waals surface area contributed by atoms with Crippen LogP contribution in [0.2, 0.25) is 0 Å². The minimum atomic E-state index is -1.11. The van der Waals surface area contributed by atoms with Crippen LogP contribution in [0.1, 0.15) is 0 Å². The summed E-state index contributed by atoms with van der Waals surface area (Å²) < 4.78 is 6.08. The molecule has 0 saturated carbocycles. The third kappa shape index (κ3) is 4.24. The molecule has 4 aromatic rings. The van der Waals surface area contributed by atoms with Crippen molar-refractivity contribution in [1.29, 1.82) is 0 Å². The number of ether oxygens (including phenoxy) is 1. The lowest BCUT2D eigenvalue weighted by atomic mass is 10.1. The molecule has 33 heavy (non-hydrogen) atoms. The SMILES string of the molecule is COC(=O)Nc1ccc2nc(-c3cccc(N(C)C(=O)O)c3)n(-c3ccccc3)c(=O)c2c1. The number of nitrogens with zero attached hydrogens (tertiary/aromatic N) is 3. The van der Waals surface area contributed by atoms with Gasteiger partial charge in [-0.25, -0.2) is 14.6 Å². The Hall–Kier alpha value is -4.66. The first-order chi connectivity index (χ1) is 15.9. The second-order valence-corrected chi connectivity index (χ2v) is 7.15. The maximum absolute atomic E-state index is 13.6. The Morgan fingerprint density at radius 1 is 1.03 bits per heavy atom. The number of rotatable bonds is 4. The summed E-state index contributed by atoms with van der Waals surface area (Å²) in [5, 5.41) is 12.2. The molecule has 3 aromatic carbocycles. The lowest BCUT2D eigenvalue weighted by molar-refractivity contribution is 0.187. The number of benzene rings is 3. The highest BCUT2D eigenvalue weighted by molar-refractivity contribution is 5.90. The lowest BCUT2D eigenvalue weighted by Crippen LogP contribution is -2.24. The summed E-state index contributed by atoms with van der Waals surface area (Å²) in [6, 6.07) is 20.6. The van der Waals surface area contributed by atoms with Crippen LogP contribution < -0.4 is 15.8 Å². The topological polar surface area (TPSA) is 114 Å². The molecule has 0 saturated heterocycles. The van der Waals surface area contributed by atoms with Crippen LogP contribution in [0.15, 0.2) is 77.6 Å². The summed E-state index contributed by atoms with van der Waals surface area (Å²) in [4.78, 5) is 42.4. The summed E-state index contributed by atoms with van der Waals surface area (Å²) in [6.45, 7) is 0. The highest BCUT2D eigenvalue weighted by atomic mass is 16.5. The van der Waals surface area contributed by atoms with E-state index in [4.69, 9.17) is 4.98 Å². The molecule has 0 atom stereocenters. The molecule has 0 aliphatic rings. The molecule has 4 rings (SSSR count). The molecular formula is C24H20N4O5. The van der Waals surface area contributed by atoms with E-state index >= 15 is 0 Å². The Balaban J connectivity index is 1.97. The number of carbonyl (C=O) groups is 2. The molecular weight excluding hydrogens is 424 g/mol. The molecule has 0 aliphatic heterocycles. The van der Waals surface area contributed by atoms with Crippen molar-refractivity contribution in [2.75, 3.05) is 24.4 Å². The van der Waals surface area contributed by atoms with E-state index in [0.717, 1.165) is 4.90 Å². The molecule has 2 amide bonds. The van der Waals surface area contributed by atoms with Crippen LogP contribution in [0.4, 0.5) is 21.0 Å². The zero-order chi connectivity index (χ0) is 23.5. The number of hydrogen-bond acceptors (Lipinski definition) is 5. The van der Waals surface area contributed by atoms with Crippen LogP contribution in [0, 0.1) is 0 Å². The summed E-state index contributed by atoms with van der Waals surface area (Å²) in [5.41, 5.74) is 2.08. The van der Waals surface area contributed by atoms with E-state index in [1.165, 1.54) is 18.7 Å². The first kappa shape index (κ1) is 21.6. The predicted octanol–water partition coefficient (Wildman–Crippen LogP) is 4.35. The monoisotopic (exact) mass is 444 g/mol. The molecule has 0 unspecified atom stereocenters. The molecule has 0 spiro atoms. The Morgan fingerprint density at radius 2 is 1.79 bits per heavy atom. The third-order valence-corrected chi connectivity index (χ3v) is 5.09. The fraction of sp³-hybridized carbons (Fsp3) is 0.0833. The van der Waals surface area contributed by atoms with Gasteiger partial charge in [-0.2, -0.15) is 0 Å². The maximum atomic E-state index is 13.6. The van der Waals surface area contributed by atoms with Crippen LogP contribution in [0.3, 0.4) is 0 Å². The van der Waals surface area contributed by atoms with Crippen molar-refractivity contribution >= 4 is 34.5 Å². The largest absolute Gasteiger partial charge is 0.465 e. The van der Waals surface area contributed by atoms with Crippen molar-refractivity contribution < 1.29 is 19.4 Å². The second kappa shape index (κ2) is 8.83. The molecule has 0 radical (unpaired) electrons. The number of hydrogen-bond donors (Lipinski definition) is 2. The first-order valence-corrected chi connectivity index (χ1v) is 9.93. The zero-order valence-corrected chi connectivity index (χ0v) is 17.9. The van der Waals surface area contributed by atoms with Gasteiger partial charge in [-0.15, -0.1) is 0 Å². The maximum Gasteiger partial charge on any atom is 0.411 e. The van der Waals surface area contributed by atoms with Gasteiger partial charge in [-0.3, -0.25) is 19.6 Å². The van der Waals surface area contributed by atoms with Crippen molar-refractivity contribution in [3.8, 4) is 17.1 Å². The Morgan fingerprint density at radius 3 is 2.48 bits per heavy atom. The number of carbonyl (C=O) groups excluding carboxylic acids is 1. The molecule has 9 heteroatoms. The molecule has 9 nitrogen and oxygen atoms in total. The third-order valence-electron chi connectivity index (χ3n) is 5.09. The van der Waals surface area contributed by atoms with Crippen molar-refractivity contribution in [3.63, 3.8) is 0 Å². The van der Waals surface area contributed by atoms with Crippen LogP contribution in [0.25, 0.3) is 28.0 Å². The van der Waals surface area contributed by atoms with Gasteiger partial charge in [0.1, 0.15) is 5.82 Å². The highest BCUT2D eigenvalue weighted by Gasteiger charge is 2.17. The smallest absolute Gasteiger partial charge is 0.411 e. The van der Waals surface area contributed by atoms with Gasteiger partial charge in [0.15, 0.2) is 0 Å². The Labute approximate surface area is 188 Å². The minimum absolute atomic E-state index is 0.301. The molecule has 1 aromatic heterocycles. The summed E-state index contributed by atoms with van der Waals surface area (Å²) >= 11 is 0. The van der Waals surface area contributed by atoms with Crippen molar-refractivity contribution in [3.05, 3.63) is 83.2 Å². The number of fused-ring (bicyclic) bond motifs is 1. The predicted molar refractivity (Wildman–Crippen MR) is 125 cm³/mol. The number of aromatic nitrogens is 2. The van der Waals surface area contributed by atoms with E-state index in [0.29, 0.717) is 39.4 Å². The average molecular weight is 444 g/mol. The molecule has 2 N–H and O–H groups in total. The lowest BCUT2D eigenvalue weighted by Gasteiger charge is -2.17. The zero-order valence-electron chi connectivity index (χ0n) is 17.9. The van der Waals surface area contributed by atoms with Crippen LogP contribution in [-0.2, 0) is 4.74 Å². The van der Waals surface area contributed by atoms with Gasteiger partial charge in [0.05, 0.1) is 23.7 Å². The summed E-state index contributed by atoms with van der Waals surface area (Å²) in [5.74, 6) is 0.355. The van der Waals surface area contributed by atoms with Crippen LogP contribution in [0.5, 0.6) is 0 Å². The van der Waals surface area contributed by atoms with Crippen LogP contribution in [-0.4, -0.2) is 41.0 Å². The molecule has 0 aliphatic carbocycles. The van der Waals surface area contributed by atoms with Gasteiger partial charge < -0.3 is 9.84 Å². The normalized spacial score (nSPS) is 10.6. The van der Waals surface area contributed by atoms with E-state index in [1.807, 2.05) is 6.07 Å². The number of methoxy groups -OCH3 is 1. The summed E-state index contributed by atoms with van der Waals surface area (Å²) in [7, 11) is 2.69. The highest BCUT2D eigenvalue weighted by Crippen LogP contribution is 2.26. The number of nitrogens with one attached hydrogen (secondary N) is 1. The van der Waals surface area contributed by atoms with E-state index < -0.39 is 12.2 Å². The fourth-order valence-electron chi connectivity index (χ4n) is 3.41. The van der Waals surface area contributed by atoms with Gasteiger partial charge in [-0.1, -0.05) is 30.3 Å². The Kier molecular flexibility index (Phi) is 5.77. The van der Waals surface area contributed by atoms with Crippen molar-refractivity contribution in [2.45, 2.75) is 0 Å². The first-order valence-electron chi connectivity index (χ1n) is 9.93. The Bertz CT molecular complexity index is 1420. The van der Waals surface area contributed by atoms with E-state index in [-0.39, 0.29) is 5.56 Å². The van der Waals surface area contributed by atoms with Gasteiger partial charge >= 0.3 is 12.2 Å². The van der Waals surface area contributed by atoms with Gasteiger partial charge in [-0.05, 0) is 42.5 Å². The number of anilines is 2. The molecule has 166 valence electrons. The van der Waals surface area contributed by atoms with E-state index in [9.17, 15) is 19.5 Å². The molecule has 1 heterocycles. The minimum Gasteiger partial charge on any atom is -0.465 e. The number of carboxylic acid groups (broad SMARTS) is 1.